The molecule has 0 amide bonds. The summed E-state index contributed by atoms with van der Waals surface area (Å²) in [6.07, 6.45) is 15.4. The van der Waals surface area contributed by atoms with Crippen LogP contribution in [0.2, 0.25) is 0 Å². The molecule has 3 atom stereocenters. The summed E-state index contributed by atoms with van der Waals surface area (Å²) >= 11 is 0. The van der Waals surface area contributed by atoms with E-state index in [-0.39, 0.29) is 12.0 Å². The maximum atomic E-state index is 10.1. The number of nitriles is 1. The first-order chi connectivity index (χ1) is 18.6. The third kappa shape index (κ3) is 15.3. The molecule has 214 valence electrons. The average Bonchev–Trinajstić information content (AvgIpc) is 3.45. The lowest BCUT2D eigenvalue weighted by atomic mass is 9.94. The summed E-state index contributed by atoms with van der Waals surface area (Å²) in [5.41, 5.74) is 2.35. The molecular weight excluding hydrogens is 476 g/mol. The van der Waals surface area contributed by atoms with E-state index in [1.807, 2.05) is 0 Å². The Bertz CT molecular complexity index is 769. The predicted molar refractivity (Wildman–Crippen MR) is 155 cm³/mol. The van der Waals surface area contributed by atoms with Crippen LogP contribution in [0.25, 0.3) is 0 Å². The van der Waals surface area contributed by atoms with Crippen molar-refractivity contribution in [1.82, 2.24) is 4.90 Å². The Morgan fingerprint density at radius 3 is 2.42 bits per heavy atom. The summed E-state index contributed by atoms with van der Waals surface area (Å²) in [4.78, 5) is 12.0. The molecule has 1 aromatic carbocycles. The van der Waals surface area contributed by atoms with Gasteiger partial charge in [0, 0.05) is 25.6 Å². The molecule has 1 aromatic rings. The molecule has 2 aliphatic rings. The third-order valence-corrected chi connectivity index (χ3v) is 7.15. The van der Waals surface area contributed by atoms with E-state index >= 15 is 0 Å². The number of hydrogen-bond acceptors (Lipinski definition) is 6. The maximum absolute atomic E-state index is 10.1. The van der Waals surface area contributed by atoms with Crippen LogP contribution in [0.3, 0.4) is 0 Å². The summed E-state index contributed by atoms with van der Waals surface area (Å²) in [6, 6.07) is 10.8. The smallest absolute Gasteiger partial charge is 0.293 e. The second-order valence-corrected chi connectivity index (χ2v) is 10.1. The van der Waals surface area contributed by atoms with E-state index in [1.54, 1.807) is 0 Å². The lowest BCUT2D eigenvalue weighted by Crippen LogP contribution is -2.38. The van der Waals surface area contributed by atoms with Crippen LogP contribution in [0.1, 0.15) is 108 Å². The lowest BCUT2D eigenvalue weighted by molar-refractivity contribution is -0.129. The van der Waals surface area contributed by atoms with E-state index in [0.717, 1.165) is 70.5 Å². The molecule has 0 spiro atoms. The zero-order valence-electron chi connectivity index (χ0n) is 24.2. The minimum absolute atomic E-state index is 0.235. The zero-order valence-corrected chi connectivity index (χ0v) is 24.2. The van der Waals surface area contributed by atoms with Gasteiger partial charge in [-0.25, -0.2) is 0 Å². The van der Waals surface area contributed by atoms with Crippen LogP contribution in [-0.2, 0) is 14.3 Å². The van der Waals surface area contributed by atoms with Crippen molar-refractivity contribution in [2.24, 2.45) is 5.92 Å². The third-order valence-electron chi connectivity index (χ3n) is 7.15. The molecule has 1 aliphatic carbocycles. The maximum Gasteiger partial charge on any atom is 0.293 e. The minimum atomic E-state index is -0.328. The van der Waals surface area contributed by atoms with Crippen molar-refractivity contribution in [2.45, 2.75) is 97.0 Å². The molecule has 0 aromatic heterocycles. The number of nitrogens with zero attached hydrogens (tertiary/aromatic N) is 2. The SMILES string of the molecule is C/C=C\CCCC.CCCCCC(O)c1ccc(C2CCC(C#N)C2)cc1.O=COCCN1CCOCC1. The molecule has 3 rings (SSSR count). The number of benzene rings is 1. The van der Waals surface area contributed by atoms with Gasteiger partial charge in [0.1, 0.15) is 6.61 Å². The number of morpholine rings is 1. The van der Waals surface area contributed by atoms with Gasteiger partial charge in [0.2, 0.25) is 0 Å². The van der Waals surface area contributed by atoms with Crippen molar-refractivity contribution < 1.29 is 19.4 Å². The number of aliphatic hydroxyl groups excluding tert-OH is 1. The number of rotatable bonds is 13. The summed E-state index contributed by atoms with van der Waals surface area (Å²) in [7, 11) is 0. The number of allylic oxidation sites excluding steroid dienone is 2. The Morgan fingerprint density at radius 2 is 1.84 bits per heavy atom. The van der Waals surface area contributed by atoms with E-state index in [0.29, 0.717) is 19.0 Å². The van der Waals surface area contributed by atoms with Crippen molar-refractivity contribution in [3.05, 3.63) is 47.5 Å². The summed E-state index contributed by atoms with van der Waals surface area (Å²) in [5.74, 6) is 0.769. The highest BCUT2D eigenvalue weighted by atomic mass is 16.5. The predicted octanol–water partition coefficient (Wildman–Crippen LogP) is 6.95. The standard InChI is InChI=1S/C18H25NO.C7H13NO3.C7H14/c1-2-3-4-5-18(20)16-10-8-15(9-11-16)17-7-6-14(12-17)13-19;9-7-11-6-3-8-1-4-10-5-2-8;1-3-5-7-6-4-2/h8-11,14,17-18,20H,2-7,12H2,1H3;7H,1-6H2;3,5H,4,6-7H2,1-2H3/b;;5-3-. The molecule has 1 N–H and O–H groups in total. The van der Waals surface area contributed by atoms with E-state index in [1.165, 1.54) is 37.7 Å². The molecule has 0 bridgehead atoms. The Hall–Kier alpha value is -2.20. The number of hydrogen-bond donors (Lipinski definition) is 1. The summed E-state index contributed by atoms with van der Waals surface area (Å²) < 4.78 is 9.73. The molecule has 1 aliphatic heterocycles. The fraction of sp³-hybridized carbons (Fsp3) is 0.688. The van der Waals surface area contributed by atoms with Crippen molar-refractivity contribution in [3.8, 4) is 6.07 Å². The molecule has 2 fully saturated rings. The van der Waals surface area contributed by atoms with Gasteiger partial charge < -0.3 is 14.6 Å². The van der Waals surface area contributed by atoms with Gasteiger partial charge >= 0.3 is 0 Å². The number of carbonyl (C=O) groups excluding carboxylic acids is 1. The number of aliphatic hydroxyl groups is 1. The average molecular weight is 529 g/mol. The van der Waals surface area contributed by atoms with Crippen LogP contribution in [0.4, 0.5) is 0 Å². The number of carbonyl (C=O) groups is 1. The van der Waals surface area contributed by atoms with Crippen LogP contribution in [0.15, 0.2) is 36.4 Å². The van der Waals surface area contributed by atoms with Crippen molar-refractivity contribution in [2.75, 3.05) is 39.5 Å². The van der Waals surface area contributed by atoms with Crippen LogP contribution >= 0.6 is 0 Å². The molecule has 0 radical (unpaired) electrons. The molecule has 1 saturated carbocycles. The van der Waals surface area contributed by atoms with Gasteiger partial charge in [-0.1, -0.05) is 82.4 Å². The molecule has 1 heterocycles. The molecule has 38 heavy (non-hydrogen) atoms. The minimum Gasteiger partial charge on any atom is -0.467 e. The highest BCUT2D eigenvalue weighted by Gasteiger charge is 2.25. The number of ether oxygens (including phenoxy) is 2. The fourth-order valence-corrected chi connectivity index (χ4v) is 4.69. The largest absolute Gasteiger partial charge is 0.467 e. The zero-order chi connectivity index (χ0) is 27.8. The molecule has 6 nitrogen and oxygen atoms in total. The van der Waals surface area contributed by atoms with E-state index in [4.69, 9.17) is 10.00 Å². The van der Waals surface area contributed by atoms with Gasteiger partial charge in [-0.15, -0.1) is 0 Å². The molecule has 3 unspecified atom stereocenters. The van der Waals surface area contributed by atoms with Gasteiger partial charge in [-0.2, -0.15) is 5.26 Å². The fourth-order valence-electron chi connectivity index (χ4n) is 4.69. The second kappa shape index (κ2) is 22.8. The van der Waals surface area contributed by atoms with Gasteiger partial charge in [-0.3, -0.25) is 9.69 Å². The summed E-state index contributed by atoms with van der Waals surface area (Å²) in [6.45, 7) is 11.7. The molecule has 1 saturated heterocycles. The second-order valence-electron chi connectivity index (χ2n) is 10.1. The monoisotopic (exact) mass is 528 g/mol. The number of unbranched alkanes of at least 4 members (excludes halogenated alkanes) is 4. The first kappa shape index (κ1) is 33.8. The Morgan fingerprint density at radius 1 is 1.13 bits per heavy atom. The quantitative estimate of drug-likeness (QED) is 0.169. The van der Waals surface area contributed by atoms with Crippen LogP contribution in [0, 0.1) is 17.2 Å². The topological polar surface area (TPSA) is 82.8 Å². The van der Waals surface area contributed by atoms with Gasteiger partial charge in [0.25, 0.3) is 6.47 Å². The Balaban J connectivity index is 0.000000336. The highest BCUT2D eigenvalue weighted by Crippen LogP contribution is 2.38. The van der Waals surface area contributed by atoms with E-state index in [9.17, 15) is 9.90 Å². The first-order valence-corrected chi connectivity index (χ1v) is 14.7. The van der Waals surface area contributed by atoms with E-state index < -0.39 is 0 Å². The Labute approximate surface area is 232 Å². The molecular formula is C32H52N2O4. The Kier molecular flexibility index (Phi) is 20.3. The van der Waals surface area contributed by atoms with Gasteiger partial charge in [0.15, 0.2) is 0 Å². The van der Waals surface area contributed by atoms with Crippen LogP contribution in [0.5, 0.6) is 0 Å². The molecule has 6 heteroatoms. The van der Waals surface area contributed by atoms with Crippen molar-refractivity contribution in [3.63, 3.8) is 0 Å². The summed E-state index contributed by atoms with van der Waals surface area (Å²) in [5, 5.41) is 19.1. The highest BCUT2D eigenvalue weighted by molar-refractivity contribution is 5.36. The van der Waals surface area contributed by atoms with Crippen molar-refractivity contribution >= 4 is 6.47 Å². The van der Waals surface area contributed by atoms with Crippen molar-refractivity contribution in [1.29, 1.82) is 5.26 Å². The van der Waals surface area contributed by atoms with Crippen LogP contribution in [-0.4, -0.2) is 55.9 Å². The lowest BCUT2D eigenvalue weighted by Gasteiger charge is -2.25. The normalized spacial score (nSPS) is 20.0. The van der Waals surface area contributed by atoms with E-state index in [2.05, 4.69) is 72.9 Å². The van der Waals surface area contributed by atoms with Gasteiger partial charge in [0.05, 0.1) is 25.4 Å². The van der Waals surface area contributed by atoms with Gasteiger partial charge in [-0.05, 0) is 56.1 Å². The van der Waals surface area contributed by atoms with Crippen LogP contribution < -0.4 is 0 Å². The first-order valence-electron chi connectivity index (χ1n) is 14.7.